The van der Waals surface area contributed by atoms with Crippen LogP contribution in [-0.2, 0) is 9.59 Å². The van der Waals surface area contributed by atoms with Crippen molar-refractivity contribution in [2.75, 3.05) is 16.8 Å². The number of pyridine rings is 1. The van der Waals surface area contributed by atoms with Crippen molar-refractivity contribution in [3.05, 3.63) is 76.6 Å². The lowest BCUT2D eigenvalue weighted by atomic mass is 9.97. The first-order valence-corrected chi connectivity index (χ1v) is 9.92. The molecule has 0 aliphatic carbocycles. The molecule has 2 heterocycles. The van der Waals surface area contributed by atoms with Crippen LogP contribution in [0, 0.1) is 23.0 Å². The van der Waals surface area contributed by atoms with Gasteiger partial charge in [0.05, 0.1) is 40.2 Å². The Morgan fingerprint density at radius 2 is 2.00 bits per heavy atom. The molecular formula is C23H15ClF2N4O2. The van der Waals surface area contributed by atoms with Crippen molar-refractivity contribution in [3.8, 4) is 17.2 Å². The summed E-state index contributed by atoms with van der Waals surface area (Å²) in [7, 11) is 0. The Morgan fingerprint density at radius 1 is 1.22 bits per heavy atom. The summed E-state index contributed by atoms with van der Waals surface area (Å²) >= 11 is 5.67. The molecular weight excluding hydrogens is 438 g/mol. The van der Waals surface area contributed by atoms with Gasteiger partial charge in [-0.25, -0.2) is 8.78 Å². The van der Waals surface area contributed by atoms with Gasteiger partial charge in [0.15, 0.2) is 0 Å². The van der Waals surface area contributed by atoms with Crippen LogP contribution >= 0.6 is 11.6 Å². The first-order valence-electron chi connectivity index (χ1n) is 9.54. The lowest BCUT2D eigenvalue weighted by Gasteiger charge is -2.24. The number of benzene rings is 2. The maximum atomic E-state index is 14.0. The van der Waals surface area contributed by atoms with Gasteiger partial charge >= 0.3 is 0 Å². The van der Waals surface area contributed by atoms with Crippen LogP contribution in [0.5, 0.6) is 0 Å². The van der Waals surface area contributed by atoms with Gasteiger partial charge in [0.25, 0.3) is 0 Å². The van der Waals surface area contributed by atoms with Gasteiger partial charge < -0.3 is 10.2 Å². The van der Waals surface area contributed by atoms with Crippen molar-refractivity contribution in [1.29, 1.82) is 5.26 Å². The largest absolute Gasteiger partial charge is 0.324 e. The first kappa shape index (κ1) is 21.4. The SMILES string of the molecule is CC1C(=O)N(CC(=O)Nc2ccc(Cl)c(F)c2)c2cc(C#N)ccc2-c2cc(F)cnc21. The molecule has 32 heavy (non-hydrogen) atoms. The smallest absolute Gasteiger partial charge is 0.244 e. The average Bonchev–Trinajstić information content (AvgIpc) is 2.85. The van der Waals surface area contributed by atoms with Gasteiger partial charge in [-0.15, -0.1) is 0 Å². The highest BCUT2D eigenvalue weighted by Gasteiger charge is 2.34. The normalized spacial score (nSPS) is 14.8. The van der Waals surface area contributed by atoms with E-state index in [-0.39, 0.29) is 22.0 Å². The highest BCUT2D eigenvalue weighted by molar-refractivity contribution is 6.30. The highest BCUT2D eigenvalue weighted by atomic mass is 35.5. The second-order valence-corrected chi connectivity index (χ2v) is 7.66. The third-order valence-electron chi connectivity index (χ3n) is 5.14. The molecule has 2 aromatic carbocycles. The van der Waals surface area contributed by atoms with Gasteiger partial charge in [0, 0.05) is 16.8 Å². The summed E-state index contributed by atoms with van der Waals surface area (Å²) in [4.78, 5) is 31.4. The zero-order valence-electron chi connectivity index (χ0n) is 16.7. The maximum absolute atomic E-state index is 14.0. The highest BCUT2D eigenvalue weighted by Crippen LogP contribution is 2.40. The van der Waals surface area contributed by atoms with E-state index in [1.807, 2.05) is 6.07 Å². The van der Waals surface area contributed by atoms with E-state index >= 15 is 0 Å². The first-order chi connectivity index (χ1) is 15.3. The topological polar surface area (TPSA) is 86.1 Å². The van der Waals surface area contributed by atoms with Crippen LogP contribution in [-0.4, -0.2) is 23.3 Å². The van der Waals surface area contributed by atoms with Gasteiger partial charge in [-0.3, -0.25) is 14.6 Å². The third kappa shape index (κ3) is 3.90. The van der Waals surface area contributed by atoms with E-state index in [1.165, 1.54) is 29.2 Å². The van der Waals surface area contributed by atoms with E-state index in [0.717, 1.165) is 12.3 Å². The number of amides is 2. The van der Waals surface area contributed by atoms with Gasteiger partial charge in [0.1, 0.15) is 18.2 Å². The molecule has 0 radical (unpaired) electrons. The van der Waals surface area contributed by atoms with Gasteiger partial charge in [0.2, 0.25) is 11.8 Å². The second kappa shape index (κ2) is 8.36. The standard InChI is InChI=1S/C23H15ClF2N4O2/c1-12-22-17(7-14(25)10-28-22)16-4-2-13(9-27)6-20(16)30(23(12)32)11-21(31)29-15-3-5-18(24)19(26)8-15/h2-8,10,12H,11H2,1H3,(H,29,31). The maximum Gasteiger partial charge on any atom is 0.244 e. The van der Waals surface area contributed by atoms with Crippen LogP contribution in [0.25, 0.3) is 11.1 Å². The fraction of sp³-hybridized carbons (Fsp3) is 0.130. The van der Waals surface area contributed by atoms with Crippen molar-refractivity contribution in [2.45, 2.75) is 12.8 Å². The Balaban J connectivity index is 1.75. The molecule has 2 amide bonds. The van der Waals surface area contributed by atoms with E-state index in [1.54, 1.807) is 19.1 Å². The number of anilines is 2. The van der Waals surface area contributed by atoms with E-state index in [0.29, 0.717) is 16.8 Å². The molecule has 0 fully saturated rings. The van der Waals surface area contributed by atoms with Crippen LogP contribution in [0.3, 0.4) is 0 Å². The fourth-order valence-corrected chi connectivity index (χ4v) is 3.73. The van der Waals surface area contributed by atoms with Crippen molar-refractivity contribution >= 4 is 34.8 Å². The summed E-state index contributed by atoms with van der Waals surface area (Å²) in [5, 5.41) is 11.8. The van der Waals surface area contributed by atoms with Crippen LogP contribution in [0.1, 0.15) is 24.1 Å². The minimum absolute atomic E-state index is 0.0880. The van der Waals surface area contributed by atoms with Crippen molar-refractivity contribution in [1.82, 2.24) is 4.98 Å². The van der Waals surface area contributed by atoms with Gasteiger partial charge in [-0.2, -0.15) is 5.26 Å². The molecule has 1 aromatic heterocycles. The number of carbonyl (C=O) groups is 2. The quantitative estimate of drug-likeness (QED) is 0.627. The van der Waals surface area contributed by atoms with Gasteiger partial charge in [-0.1, -0.05) is 17.7 Å². The number of nitrogens with one attached hydrogen (secondary N) is 1. The second-order valence-electron chi connectivity index (χ2n) is 7.25. The zero-order chi connectivity index (χ0) is 23.0. The molecule has 1 unspecified atom stereocenters. The number of carbonyl (C=O) groups excluding carboxylic acids is 2. The Labute approximate surface area is 187 Å². The molecule has 1 N–H and O–H groups in total. The summed E-state index contributed by atoms with van der Waals surface area (Å²) in [5.41, 5.74) is 1.96. The van der Waals surface area contributed by atoms with Gasteiger partial charge in [-0.05, 0) is 43.3 Å². The molecule has 3 aromatic rings. The number of rotatable bonds is 3. The number of nitriles is 1. The Morgan fingerprint density at radius 3 is 2.72 bits per heavy atom. The number of halogens is 3. The molecule has 0 spiro atoms. The van der Waals surface area contributed by atoms with Crippen molar-refractivity contribution in [2.24, 2.45) is 0 Å². The molecule has 9 heteroatoms. The van der Waals surface area contributed by atoms with E-state index in [9.17, 15) is 23.6 Å². The fourth-order valence-electron chi connectivity index (χ4n) is 3.61. The van der Waals surface area contributed by atoms with E-state index in [2.05, 4.69) is 10.3 Å². The number of fused-ring (bicyclic) bond motifs is 3. The lowest BCUT2D eigenvalue weighted by molar-refractivity contribution is -0.122. The Kier molecular flexibility index (Phi) is 5.59. The van der Waals surface area contributed by atoms with Crippen LogP contribution in [0.4, 0.5) is 20.2 Å². The zero-order valence-corrected chi connectivity index (χ0v) is 17.5. The summed E-state index contributed by atoms with van der Waals surface area (Å²) in [6.07, 6.45) is 1.03. The summed E-state index contributed by atoms with van der Waals surface area (Å²) in [6, 6.07) is 11.7. The summed E-state index contributed by atoms with van der Waals surface area (Å²) in [5.74, 6) is -3.09. The number of aromatic nitrogens is 1. The predicted octanol–water partition coefficient (Wildman–Crippen LogP) is 4.64. The number of nitrogens with zero attached hydrogens (tertiary/aromatic N) is 3. The molecule has 0 saturated heterocycles. The molecule has 1 aliphatic rings. The minimum Gasteiger partial charge on any atom is -0.324 e. The minimum atomic E-state index is -0.774. The monoisotopic (exact) mass is 452 g/mol. The van der Waals surface area contributed by atoms with Crippen molar-refractivity contribution < 1.29 is 18.4 Å². The molecule has 0 saturated carbocycles. The Bertz CT molecular complexity index is 1310. The molecule has 6 nitrogen and oxygen atoms in total. The predicted molar refractivity (Wildman–Crippen MR) is 115 cm³/mol. The summed E-state index contributed by atoms with van der Waals surface area (Å²) < 4.78 is 27.7. The van der Waals surface area contributed by atoms with E-state index < -0.39 is 35.9 Å². The molecule has 1 atom stereocenters. The average molecular weight is 453 g/mol. The summed E-state index contributed by atoms with van der Waals surface area (Å²) in [6.45, 7) is 1.20. The van der Waals surface area contributed by atoms with Crippen LogP contribution in [0.2, 0.25) is 5.02 Å². The number of hydrogen-bond donors (Lipinski definition) is 1. The Hall–Kier alpha value is -3.83. The molecule has 160 valence electrons. The van der Waals surface area contributed by atoms with Crippen molar-refractivity contribution in [3.63, 3.8) is 0 Å². The number of hydrogen-bond acceptors (Lipinski definition) is 4. The van der Waals surface area contributed by atoms with E-state index in [4.69, 9.17) is 11.6 Å². The third-order valence-corrected chi connectivity index (χ3v) is 5.45. The molecule has 0 bridgehead atoms. The van der Waals surface area contributed by atoms with Crippen LogP contribution in [0.15, 0.2) is 48.7 Å². The molecule has 1 aliphatic heterocycles. The lowest BCUT2D eigenvalue weighted by Crippen LogP contribution is -2.40. The van der Waals surface area contributed by atoms with Crippen LogP contribution < -0.4 is 10.2 Å². The molecule has 4 rings (SSSR count).